The van der Waals surface area contributed by atoms with Crippen LogP contribution < -0.4 is 21.3 Å². The zero-order chi connectivity index (χ0) is 37.9. The van der Waals surface area contributed by atoms with Crippen LogP contribution in [0.2, 0.25) is 0 Å². The number of fused-ring (bicyclic) bond motifs is 1. The van der Waals surface area contributed by atoms with E-state index in [1.807, 2.05) is 29.7 Å². The fourth-order valence-electron chi connectivity index (χ4n) is 5.14. The molecule has 0 fully saturated rings. The molecule has 0 bridgehead atoms. The lowest BCUT2D eigenvalue weighted by atomic mass is 10.2. The van der Waals surface area contributed by atoms with Crippen LogP contribution in [0.25, 0.3) is 11.2 Å². The standard InChI is InChI=1S/C42H60N8O3/c1-5-7-8-9-10-11-12-13-14-15-16-17-18-19-20-21-25-28-37(51)43-29-30-44-42(52)53-32-36(6-2)47-41-48-39(45-31-35-26-23-22-24-27-35)38-40(49-41)50(33-46-38)34(3)4/h7-8,10-11,13-14,16-17,19-20,22-24,26-27,33-34,36H,5-6,9,12,15,18,21,25,28-32H2,1-4H3,(H,43,51)(H,44,52)(H2,45,47,48,49)/b8-7-,11-10-,14-13-,17-16-,20-19-/t36-/m1/s1. The molecule has 0 unspecified atom stereocenters. The van der Waals surface area contributed by atoms with E-state index in [4.69, 9.17) is 14.7 Å². The Bertz CT molecular complexity index is 1640. The Balaban J connectivity index is 1.29. The molecule has 286 valence electrons. The van der Waals surface area contributed by atoms with E-state index < -0.39 is 6.09 Å². The summed E-state index contributed by atoms with van der Waals surface area (Å²) in [6, 6.07) is 10.0. The van der Waals surface area contributed by atoms with E-state index in [-0.39, 0.29) is 31.1 Å². The van der Waals surface area contributed by atoms with Crippen LogP contribution in [0.15, 0.2) is 97.4 Å². The van der Waals surface area contributed by atoms with E-state index in [1.165, 1.54) is 0 Å². The van der Waals surface area contributed by atoms with Crippen molar-refractivity contribution in [2.45, 2.75) is 104 Å². The van der Waals surface area contributed by atoms with Crippen LogP contribution in [0, 0.1) is 0 Å². The van der Waals surface area contributed by atoms with Gasteiger partial charge in [0, 0.05) is 32.1 Å². The van der Waals surface area contributed by atoms with Gasteiger partial charge < -0.3 is 30.6 Å². The number of carbonyl (C=O) groups is 2. The molecule has 0 aliphatic rings. The molecule has 53 heavy (non-hydrogen) atoms. The Hall–Kier alpha value is -5.19. The topological polar surface area (TPSA) is 135 Å². The third-order valence-corrected chi connectivity index (χ3v) is 8.17. The molecule has 0 saturated heterocycles. The van der Waals surface area contributed by atoms with Crippen LogP contribution in [-0.4, -0.2) is 57.3 Å². The largest absolute Gasteiger partial charge is 0.447 e. The molecular weight excluding hydrogens is 665 g/mol. The van der Waals surface area contributed by atoms with Gasteiger partial charge >= 0.3 is 6.09 Å². The summed E-state index contributed by atoms with van der Waals surface area (Å²) in [7, 11) is 0. The van der Waals surface area contributed by atoms with Gasteiger partial charge in [0.1, 0.15) is 6.61 Å². The molecule has 0 radical (unpaired) electrons. The quantitative estimate of drug-likeness (QED) is 0.0503. The summed E-state index contributed by atoms with van der Waals surface area (Å²) in [6.45, 7) is 9.63. The maximum absolute atomic E-state index is 12.4. The fraction of sp³-hybridized carbons (Fsp3) is 0.452. The van der Waals surface area contributed by atoms with Crippen molar-refractivity contribution in [1.29, 1.82) is 0 Å². The summed E-state index contributed by atoms with van der Waals surface area (Å²) in [4.78, 5) is 38.7. The minimum absolute atomic E-state index is 0.0313. The zero-order valence-electron chi connectivity index (χ0n) is 32.1. The average molecular weight is 725 g/mol. The third-order valence-electron chi connectivity index (χ3n) is 8.17. The number of hydrogen-bond acceptors (Lipinski definition) is 8. The molecule has 2 amide bonds. The van der Waals surface area contributed by atoms with Crippen molar-refractivity contribution >= 4 is 34.9 Å². The monoisotopic (exact) mass is 724 g/mol. The highest BCUT2D eigenvalue weighted by Gasteiger charge is 2.18. The molecule has 0 aliphatic carbocycles. The van der Waals surface area contributed by atoms with Gasteiger partial charge in [-0.1, -0.05) is 105 Å². The van der Waals surface area contributed by atoms with Crippen LogP contribution in [0.5, 0.6) is 0 Å². The smallest absolute Gasteiger partial charge is 0.407 e. The number of ether oxygens (including phenoxy) is 1. The molecule has 11 nitrogen and oxygen atoms in total. The van der Waals surface area contributed by atoms with Crippen molar-refractivity contribution in [3.8, 4) is 0 Å². The maximum atomic E-state index is 12.4. The molecule has 1 aromatic carbocycles. The highest BCUT2D eigenvalue weighted by atomic mass is 16.5. The predicted octanol–water partition coefficient (Wildman–Crippen LogP) is 8.97. The molecule has 0 aliphatic heterocycles. The molecule has 0 spiro atoms. The Kier molecular flexibility index (Phi) is 20.5. The molecule has 2 aromatic heterocycles. The molecular formula is C42H60N8O3. The highest BCUT2D eigenvalue weighted by molar-refractivity contribution is 5.84. The number of imidazole rings is 1. The fourth-order valence-corrected chi connectivity index (χ4v) is 5.14. The number of aromatic nitrogens is 4. The molecule has 3 rings (SSSR count). The summed E-state index contributed by atoms with van der Waals surface area (Å²) >= 11 is 0. The van der Waals surface area contributed by atoms with Crippen LogP contribution in [0.1, 0.15) is 97.1 Å². The third kappa shape index (κ3) is 17.3. The van der Waals surface area contributed by atoms with Crippen molar-refractivity contribution < 1.29 is 14.3 Å². The lowest BCUT2D eigenvalue weighted by Gasteiger charge is -2.18. The minimum Gasteiger partial charge on any atom is -0.447 e. The average Bonchev–Trinajstić information content (AvgIpc) is 3.60. The Morgan fingerprint density at radius 2 is 1.47 bits per heavy atom. The summed E-state index contributed by atoms with van der Waals surface area (Å²) < 4.78 is 7.48. The van der Waals surface area contributed by atoms with Gasteiger partial charge in [0.2, 0.25) is 11.9 Å². The van der Waals surface area contributed by atoms with Gasteiger partial charge in [-0.25, -0.2) is 9.78 Å². The molecule has 0 saturated carbocycles. The lowest BCUT2D eigenvalue weighted by molar-refractivity contribution is -0.121. The van der Waals surface area contributed by atoms with Gasteiger partial charge in [-0.15, -0.1) is 0 Å². The summed E-state index contributed by atoms with van der Waals surface area (Å²) in [5.41, 5.74) is 2.54. The van der Waals surface area contributed by atoms with E-state index >= 15 is 0 Å². The second-order valence-corrected chi connectivity index (χ2v) is 12.9. The summed E-state index contributed by atoms with van der Waals surface area (Å²) in [5, 5.41) is 12.3. The van der Waals surface area contributed by atoms with Crippen LogP contribution in [0.3, 0.4) is 0 Å². The molecule has 1 atom stereocenters. The molecule has 11 heteroatoms. The number of rotatable bonds is 25. The van der Waals surface area contributed by atoms with Crippen molar-refractivity contribution in [3.63, 3.8) is 0 Å². The van der Waals surface area contributed by atoms with Gasteiger partial charge in [0.05, 0.1) is 12.4 Å². The Morgan fingerprint density at radius 3 is 2.11 bits per heavy atom. The number of benzene rings is 1. The molecule has 4 N–H and O–H groups in total. The number of nitrogens with one attached hydrogen (secondary N) is 4. The van der Waals surface area contributed by atoms with Crippen LogP contribution in [0.4, 0.5) is 16.6 Å². The minimum atomic E-state index is -0.544. The van der Waals surface area contributed by atoms with Gasteiger partial charge in [-0.2, -0.15) is 9.97 Å². The van der Waals surface area contributed by atoms with Crippen LogP contribution in [-0.2, 0) is 16.1 Å². The number of allylic oxidation sites excluding steroid dienone is 10. The van der Waals surface area contributed by atoms with E-state index in [2.05, 4.69) is 120 Å². The predicted molar refractivity (Wildman–Crippen MR) is 218 cm³/mol. The van der Waals surface area contributed by atoms with Crippen molar-refractivity contribution in [3.05, 3.63) is 103 Å². The molecule has 3 aromatic rings. The second kappa shape index (κ2) is 25.7. The number of amides is 2. The second-order valence-electron chi connectivity index (χ2n) is 12.9. The van der Waals surface area contributed by atoms with Gasteiger partial charge in [0.25, 0.3) is 0 Å². The lowest BCUT2D eigenvalue weighted by Crippen LogP contribution is -2.36. The first-order valence-corrected chi connectivity index (χ1v) is 19.1. The summed E-state index contributed by atoms with van der Waals surface area (Å²) in [5.74, 6) is 1.03. The maximum Gasteiger partial charge on any atom is 0.407 e. The first-order valence-electron chi connectivity index (χ1n) is 19.1. The van der Waals surface area contributed by atoms with Crippen molar-refractivity contribution in [2.75, 3.05) is 30.3 Å². The number of carbonyl (C=O) groups excluding carboxylic acids is 2. The first kappa shape index (κ1) is 42.2. The van der Waals surface area contributed by atoms with E-state index in [0.717, 1.165) is 56.2 Å². The molecule has 2 heterocycles. The summed E-state index contributed by atoms with van der Waals surface area (Å²) in [6.07, 6.45) is 30.6. The zero-order valence-corrected chi connectivity index (χ0v) is 32.1. The Labute approximate surface area is 316 Å². The number of alkyl carbamates (subject to hydrolysis) is 1. The first-order chi connectivity index (χ1) is 25.9. The highest BCUT2D eigenvalue weighted by Crippen LogP contribution is 2.24. The van der Waals surface area contributed by atoms with E-state index in [0.29, 0.717) is 43.2 Å². The van der Waals surface area contributed by atoms with Crippen LogP contribution >= 0.6 is 0 Å². The van der Waals surface area contributed by atoms with Crippen molar-refractivity contribution in [1.82, 2.24) is 30.2 Å². The Morgan fingerprint density at radius 1 is 0.830 bits per heavy atom. The number of nitrogens with zero attached hydrogens (tertiary/aromatic N) is 4. The van der Waals surface area contributed by atoms with E-state index in [1.54, 1.807) is 6.33 Å². The van der Waals surface area contributed by atoms with Gasteiger partial charge in [0.15, 0.2) is 17.0 Å². The van der Waals surface area contributed by atoms with Crippen molar-refractivity contribution in [2.24, 2.45) is 0 Å². The SMILES string of the molecule is CC/C=C\C/C=C\C/C=C\C/C=C\C/C=C\CCCC(=O)NCCNC(=O)OC[C@@H](CC)Nc1nc(NCc2ccccc2)c2ncn(C(C)C)c2n1. The van der Waals surface area contributed by atoms with Gasteiger partial charge in [-0.05, 0) is 70.8 Å². The van der Waals surface area contributed by atoms with Gasteiger partial charge in [-0.3, -0.25) is 4.79 Å². The number of unbranched alkanes of at least 4 members (excludes halogenated alkanes) is 1. The number of hydrogen-bond donors (Lipinski definition) is 4. The number of anilines is 2. The normalized spacial score (nSPS) is 12.6. The van der Waals surface area contributed by atoms with E-state index in [9.17, 15) is 9.59 Å².